The minimum absolute atomic E-state index is 0.0493. The summed E-state index contributed by atoms with van der Waals surface area (Å²) in [7, 11) is -3.18. The lowest BCUT2D eigenvalue weighted by molar-refractivity contribution is -0.140. The first-order valence-electron chi connectivity index (χ1n) is 10.9. The highest BCUT2D eigenvalue weighted by Gasteiger charge is 2.42. The number of rotatable bonds is 7. The molecule has 9 nitrogen and oxygen atoms in total. The van der Waals surface area contributed by atoms with Gasteiger partial charge in [-0.3, -0.25) is 14.5 Å². The maximum atomic E-state index is 13.1. The molecule has 3 unspecified atom stereocenters. The number of carbonyl (C=O) groups is 3. The molecule has 0 aliphatic carbocycles. The molecule has 172 valence electrons. The van der Waals surface area contributed by atoms with Crippen molar-refractivity contribution in [3.8, 4) is 0 Å². The van der Waals surface area contributed by atoms with Crippen LogP contribution in [0.25, 0.3) is 10.9 Å². The highest BCUT2D eigenvalue weighted by Crippen LogP contribution is 2.24. The molecular formula is C22H28N4O5S. The monoisotopic (exact) mass is 460 g/mol. The Bertz CT molecular complexity index is 1160. The van der Waals surface area contributed by atoms with E-state index in [0.717, 1.165) is 21.4 Å². The summed E-state index contributed by atoms with van der Waals surface area (Å²) in [5.74, 6) is -0.880. The Morgan fingerprint density at radius 2 is 2.03 bits per heavy atom. The third-order valence-corrected chi connectivity index (χ3v) is 8.21. The van der Waals surface area contributed by atoms with Gasteiger partial charge in [-0.25, -0.2) is 13.2 Å². The molecule has 4 amide bonds. The Morgan fingerprint density at radius 3 is 2.72 bits per heavy atom. The highest BCUT2D eigenvalue weighted by atomic mass is 32.2. The summed E-state index contributed by atoms with van der Waals surface area (Å²) in [5.41, 5.74) is 1.85. The fourth-order valence-corrected chi connectivity index (χ4v) is 6.31. The fourth-order valence-electron chi connectivity index (χ4n) is 4.60. The van der Waals surface area contributed by atoms with Gasteiger partial charge in [0.15, 0.2) is 9.84 Å². The number of benzene rings is 1. The lowest BCUT2D eigenvalue weighted by atomic mass is 10.1. The SMILES string of the molecule is CCC(C)N(C(=O)CN1C(=O)NC(Cc2c[nH]c3ccccc23)C1=O)C1CCS(=O)(=O)C1. The summed E-state index contributed by atoms with van der Waals surface area (Å²) >= 11 is 0. The number of fused-ring (bicyclic) bond motifs is 1. The van der Waals surface area contributed by atoms with Crippen molar-refractivity contribution in [2.24, 2.45) is 0 Å². The molecule has 0 spiro atoms. The van der Waals surface area contributed by atoms with Crippen LogP contribution in [0.15, 0.2) is 30.5 Å². The molecule has 10 heteroatoms. The van der Waals surface area contributed by atoms with Gasteiger partial charge in [0.05, 0.1) is 11.5 Å². The first-order valence-corrected chi connectivity index (χ1v) is 12.7. The Labute approximate surface area is 187 Å². The van der Waals surface area contributed by atoms with Gasteiger partial charge in [-0.05, 0) is 31.4 Å². The van der Waals surface area contributed by atoms with Gasteiger partial charge in [-0.15, -0.1) is 0 Å². The van der Waals surface area contributed by atoms with E-state index in [1.807, 2.05) is 44.3 Å². The number of nitrogens with one attached hydrogen (secondary N) is 2. The van der Waals surface area contributed by atoms with Crippen LogP contribution in [0.1, 0.15) is 32.3 Å². The van der Waals surface area contributed by atoms with Crippen molar-refractivity contribution < 1.29 is 22.8 Å². The lowest BCUT2D eigenvalue weighted by Gasteiger charge is -2.34. The Kier molecular flexibility index (Phi) is 5.98. The van der Waals surface area contributed by atoms with Crippen LogP contribution in [0, 0.1) is 0 Å². The van der Waals surface area contributed by atoms with Gasteiger partial charge < -0.3 is 15.2 Å². The van der Waals surface area contributed by atoms with E-state index in [1.54, 1.807) is 4.90 Å². The molecule has 1 aromatic heterocycles. The molecular weight excluding hydrogens is 432 g/mol. The molecule has 2 aliphatic rings. The molecule has 2 fully saturated rings. The molecule has 1 aromatic carbocycles. The predicted molar refractivity (Wildman–Crippen MR) is 120 cm³/mol. The molecule has 3 atom stereocenters. The largest absolute Gasteiger partial charge is 0.361 e. The van der Waals surface area contributed by atoms with Crippen LogP contribution in [0.3, 0.4) is 0 Å². The molecule has 2 aliphatic heterocycles. The van der Waals surface area contributed by atoms with Crippen molar-refractivity contribution in [1.82, 2.24) is 20.1 Å². The number of hydrogen-bond donors (Lipinski definition) is 2. The number of aromatic amines is 1. The third kappa shape index (κ3) is 4.23. The van der Waals surface area contributed by atoms with Gasteiger partial charge in [0.1, 0.15) is 12.6 Å². The quantitative estimate of drug-likeness (QED) is 0.606. The van der Waals surface area contributed by atoms with Gasteiger partial charge in [0.25, 0.3) is 5.91 Å². The van der Waals surface area contributed by atoms with E-state index in [2.05, 4.69) is 10.3 Å². The van der Waals surface area contributed by atoms with E-state index in [9.17, 15) is 22.8 Å². The number of amides is 4. The van der Waals surface area contributed by atoms with Crippen molar-refractivity contribution in [3.05, 3.63) is 36.0 Å². The number of imide groups is 1. The Hall–Kier alpha value is -2.88. The molecule has 2 N–H and O–H groups in total. The second-order valence-electron chi connectivity index (χ2n) is 8.61. The number of sulfone groups is 1. The third-order valence-electron chi connectivity index (χ3n) is 6.45. The number of aromatic nitrogens is 1. The van der Waals surface area contributed by atoms with Crippen molar-refractivity contribution >= 4 is 38.6 Å². The molecule has 32 heavy (non-hydrogen) atoms. The summed E-state index contributed by atoms with van der Waals surface area (Å²) < 4.78 is 23.9. The number of nitrogens with zero attached hydrogens (tertiary/aromatic N) is 2. The number of para-hydroxylation sites is 1. The van der Waals surface area contributed by atoms with Crippen LogP contribution in [-0.4, -0.2) is 77.2 Å². The topological polar surface area (TPSA) is 120 Å². The molecule has 2 aromatic rings. The standard InChI is InChI=1S/C22H28N4O5S/c1-3-14(2)26(16-8-9-32(30,31)13-16)20(27)12-25-21(28)19(24-22(25)29)10-15-11-23-18-7-5-4-6-17(15)18/h4-7,11,14,16,19,23H,3,8-10,12-13H2,1-2H3,(H,24,29). The molecule has 0 bridgehead atoms. The van der Waals surface area contributed by atoms with Crippen LogP contribution in [-0.2, 0) is 25.8 Å². The van der Waals surface area contributed by atoms with Crippen LogP contribution >= 0.6 is 0 Å². The van der Waals surface area contributed by atoms with Crippen molar-refractivity contribution in [3.63, 3.8) is 0 Å². The number of carbonyl (C=O) groups excluding carboxylic acids is 3. The smallest absolute Gasteiger partial charge is 0.325 e. The summed E-state index contributed by atoms with van der Waals surface area (Å²) in [6.07, 6.45) is 3.16. The molecule has 4 rings (SSSR count). The average Bonchev–Trinajstić information content (AvgIpc) is 3.40. The Balaban J connectivity index is 1.47. The molecule has 2 saturated heterocycles. The van der Waals surface area contributed by atoms with Crippen molar-refractivity contribution in [2.75, 3.05) is 18.1 Å². The van der Waals surface area contributed by atoms with Crippen LogP contribution in [0.2, 0.25) is 0 Å². The van der Waals surface area contributed by atoms with Gasteiger partial charge in [-0.1, -0.05) is 25.1 Å². The molecule has 3 heterocycles. The second kappa shape index (κ2) is 8.57. The fraction of sp³-hybridized carbons (Fsp3) is 0.500. The summed E-state index contributed by atoms with van der Waals surface area (Å²) in [4.78, 5) is 44.3. The van der Waals surface area contributed by atoms with Gasteiger partial charge in [0, 0.05) is 35.6 Å². The van der Waals surface area contributed by atoms with Gasteiger partial charge in [0.2, 0.25) is 5.91 Å². The maximum Gasteiger partial charge on any atom is 0.325 e. The van der Waals surface area contributed by atoms with Crippen LogP contribution < -0.4 is 5.32 Å². The van der Waals surface area contributed by atoms with E-state index in [0.29, 0.717) is 19.3 Å². The molecule has 0 radical (unpaired) electrons. The summed E-state index contributed by atoms with van der Waals surface area (Å²) in [6, 6.07) is 5.74. The van der Waals surface area contributed by atoms with Crippen LogP contribution in [0.4, 0.5) is 4.79 Å². The minimum Gasteiger partial charge on any atom is -0.361 e. The van der Waals surface area contributed by atoms with E-state index in [4.69, 9.17) is 0 Å². The van der Waals surface area contributed by atoms with Crippen molar-refractivity contribution in [1.29, 1.82) is 0 Å². The van der Waals surface area contributed by atoms with E-state index < -0.39 is 46.3 Å². The first-order chi connectivity index (χ1) is 15.2. The normalized spacial score (nSPS) is 23.5. The predicted octanol–water partition coefficient (Wildman–Crippen LogP) is 1.44. The second-order valence-corrected chi connectivity index (χ2v) is 10.8. The zero-order chi connectivity index (χ0) is 23.0. The van der Waals surface area contributed by atoms with Gasteiger partial charge >= 0.3 is 6.03 Å². The molecule has 0 saturated carbocycles. The van der Waals surface area contributed by atoms with Gasteiger partial charge in [-0.2, -0.15) is 0 Å². The lowest BCUT2D eigenvalue weighted by Crippen LogP contribution is -2.51. The van der Waals surface area contributed by atoms with E-state index >= 15 is 0 Å². The maximum absolute atomic E-state index is 13.1. The summed E-state index contributed by atoms with van der Waals surface area (Å²) in [5, 5.41) is 3.66. The number of hydrogen-bond acceptors (Lipinski definition) is 5. The number of urea groups is 1. The summed E-state index contributed by atoms with van der Waals surface area (Å²) in [6.45, 7) is 3.38. The van der Waals surface area contributed by atoms with Crippen LogP contribution in [0.5, 0.6) is 0 Å². The first kappa shape index (κ1) is 22.3. The average molecular weight is 461 g/mol. The highest BCUT2D eigenvalue weighted by molar-refractivity contribution is 7.91. The zero-order valence-corrected chi connectivity index (χ0v) is 19.0. The van der Waals surface area contributed by atoms with E-state index in [-0.39, 0.29) is 17.5 Å². The van der Waals surface area contributed by atoms with Crippen molar-refractivity contribution in [2.45, 2.75) is 51.2 Å². The Morgan fingerprint density at radius 1 is 1.28 bits per heavy atom. The minimum atomic E-state index is -3.18. The number of H-pyrrole nitrogens is 1. The zero-order valence-electron chi connectivity index (χ0n) is 18.2. The van der Waals surface area contributed by atoms with E-state index in [1.165, 1.54) is 0 Å².